The second-order valence-corrected chi connectivity index (χ2v) is 9.63. The molecule has 0 aromatic rings. The smallest absolute Gasteiger partial charge is 0.302 e. The van der Waals surface area contributed by atoms with Gasteiger partial charge in [-0.15, -0.1) is 0 Å². The molecule has 4 saturated carbocycles. The van der Waals surface area contributed by atoms with E-state index in [1.807, 2.05) is 0 Å². The summed E-state index contributed by atoms with van der Waals surface area (Å²) in [5, 5.41) is 0. The number of hydrogen-bond donors (Lipinski definition) is 0. The quantitative estimate of drug-likeness (QED) is 0.609. The summed E-state index contributed by atoms with van der Waals surface area (Å²) in [6.45, 7) is 6.63. The zero-order valence-electron chi connectivity index (χ0n) is 15.3. The Kier molecular flexibility index (Phi) is 3.81. The zero-order valence-corrected chi connectivity index (χ0v) is 15.3. The minimum Gasteiger partial charge on any atom is -0.462 e. The molecule has 2 heteroatoms. The molecule has 2 nitrogen and oxygen atoms in total. The number of carbonyl (C=O) groups is 1. The van der Waals surface area contributed by atoms with E-state index >= 15 is 0 Å². The molecule has 0 heterocycles. The Morgan fingerprint density at radius 1 is 0.913 bits per heavy atom. The summed E-state index contributed by atoms with van der Waals surface area (Å²) in [6, 6.07) is 0. The minimum atomic E-state index is -0.0681. The van der Waals surface area contributed by atoms with Gasteiger partial charge in [0.15, 0.2) is 0 Å². The van der Waals surface area contributed by atoms with Crippen molar-refractivity contribution in [3.63, 3.8) is 0 Å². The Morgan fingerprint density at radius 2 is 1.70 bits per heavy atom. The molecule has 4 rings (SSSR count). The van der Waals surface area contributed by atoms with Crippen molar-refractivity contribution in [3.8, 4) is 0 Å². The average molecular weight is 319 g/mol. The van der Waals surface area contributed by atoms with Crippen LogP contribution >= 0.6 is 0 Å². The Morgan fingerprint density at radius 3 is 2.48 bits per heavy atom. The lowest BCUT2D eigenvalue weighted by atomic mass is 9.45. The van der Waals surface area contributed by atoms with Crippen molar-refractivity contribution < 1.29 is 9.53 Å². The lowest BCUT2D eigenvalue weighted by Gasteiger charge is -2.61. The van der Waals surface area contributed by atoms with Gasteiger partial charge in [0.2, 0.25) is 0 Å². The van der Waals surface area contributed by atoms with E-state index in [0.717, 1.165) is 30.1 Å². The van der Waals surface area contributed by atoms with Gasteiger partial charge in [0.25, 0.3) is 0 Å². The van der Waals surface area contributed by atoms with Crippen LogP contribution in [0.1, 0.15) is 85.0 Å². The maximum Gasteiger partial charge on any atom is 0.302 e. The minimum absolute atomic E-state index is 0.0681. The molecule has 7 atom stereocenters. The van der Waals surface area contributed by atoms with Crippen LogP contribution in [0.25, 0.3) is 0 Å². The van der Waals surface area contributed by atoms with E-state index in [9.17, 15) is 4.79 Å². The van der Waals surface area contributed by atoms with E-state index in [4.69, 9.17) is 4.74 Å². The Labute approximate surface area is 141 Å². The van der Waals surface area contributed by atoms with Crippen LogP contribution in [-0.4, -0.2) is 12.1 Å². The molecule has 0 bridgehead atoms. The zero-order chi connectivity index (χ0) is 16.2. The van der Waals surface area contributed by atoms with E-state index in [1.165, 1.54) is 57.8 Å². The van der Waals surface area contributed by atoms with Crippen molar-refractivity contribution in [2.75, 3.05) is 0 Å². The molecule has 4 fully saturated rings. The van der Waals surface area contributed by atoms with Gasteiger partial charge < -0.3 is 4.74 Å². The molecule has 4 aliphatic carbocycles. The predicted molar refractivity (Wildman–Crippen MR) is 91.9 cm³/mol. The van der Waals surface area contributed by atoms with Crippen molar-refractivity contribution in [1.29, 1.82) is 0 Å². The summed E-state index contributed by atoms with van der Waals surface area (Å²) in [5.74, 6) is 3.35. The van der Waals surface area contributed by atoms with Crippen molar-refractivity contribution >= 4 is 5.97 Å². The fraction of sp³-hybridized carbons (Fsp3) is 0.952. The topological polar surface area (TPSA) is 26.3 Å². The molecule has 0 aromatic carbocycles. The first-order valence-electron chi connectivity index (χ1n) is 10.1. The maximum atomic E-state index is 11.7. The Bertz CT molecular complexity index is 486. The number of rotatable bonds is 1. The fourth-order valence-corrected chi connectivity index (χ4v) is 7.61. The van der Waals surface area contributed by atoms with E-state index < -0.39 is 0 Å². The van der Waals surface area contributed by atoms with Gasteiger partial charge in [-0.2, -0.15) is 0 Å². The van der Waals surface area contributed by atoms with Crippen molar-refractivity contribution in [1.82, 2.24) is 0 Å². The molecule has 0 N–H and O–H groups in total. The van der Waals surface area contributed by atoms with E-state index in [2.05, 4.69) is 13.8 Å². The van der Waals surface area contributed by atoms with Crippen LogP contribution < -0.4 is 0 Å². The average Bonchev–Trinajstić information content (AvgIpc) is 2.90. The first kappa shape index (κ1) is 16.0. The summed E-state index contributed by atoms with van der Waals surface area (Å²) < 4.78 is 5.94. The normalized spacial score (nSPS) is 52.2. The van der Waals surface area contributed by atoms with Crippen LogP contribution in [-0.2, 0) is 9.53 Å². The highest BCUT2D eigenvalue weighted by atomic mass is 16.5. The maximum absolute atomic E-state index is 11.7. The summed E-state index contributed by atoms with van der Waals surface area (Å²) in [6.07, 6.45) is 13.9. The Balaban J connectivity index is 1.68. The third-order valence-corrected chi connectivity index (χ3v) is 8.77. The molecule has 0 aromatic heterocycles. The number of ether oxygens (including phenoxy) is 1. The van der Waals surface area contributed by atoms with Crippen LogP contribution in [0.2, 0.25) is 0 Å². The van der Waals surface area contributed by atoms with Gasteiger partial charge in [-0.25, -0.2) is 0 Å². The van der Waals surface area contributed by atoms with E-state index in [0.29, 0.717) is 5.41 Å². The third kappa shape index (κ3) is 2.30. The van der Waals surface area contributed by atoms with Gasteiger partial charge in [-0.3, -0.25) is 4.79 Å². The van der Waals surface area contributed by atoms with Gasteiger partial charge in [-0.1, -0.05) is 33.1 Å². The summed E-state index contributed by atoms with van der Waals surface area (Å²) in [4.78, 5) is 11.7. The highest BCUT2D eigenvalue weighted by molar-refractivity contribution is 5.66. The molecular weight excluding hydrogens is 284 g/mol. The standard InChI is InChI=1S/C21H34O2/c1-14(22)23-19-13-18-16(17-8-6-12-21(17,19)3)10-9-15-7-4-5-11-20(15,18)2/h15-19H,4-13H2,1-3H3/t15?,16-,17?,18?,19+,20-,21+/m0/s1. The van der Waals surface area contributed by atoms with Gasteiger partial charge in [0.1, 0.15) is 6.10 Å². The molecule has 0 saturated heterocycles. The molecule has 0 aliphatic heterocycles. The number of hydrogen-bond acceptors (Lipinski definition) is 2. The summed E-state index contributed by atoms with van der Waals surface area (Å²) >= 11 is 0. The van der Waals surface area contributed by atoms with Crippen molar-refractivity contribution in [2.45, 2.75) is 91.1 Å². The monoisotopic (exact) mass is 318 g/mol. The molecule has 130 valence electrons. The molecule has 23 heavy (non-hydrogen) atoms. The van der Waals surface area contributed by atoms with Crippen LogP contribution in [0.4, 0.5) is 0 Å². The number of carbonyl (C=O) groups excluding carboxylic acids is 1. The van der Waals surface area contributed by atoms with Crippen molar-refractivity contribution in [2.24, 2.45) is 34.5 Å². The van der Waals surface area contributed by atoms with Gasteiger partial charge in [0.05, 0.1) is 0 Å². The summed E-state index contributed by atoms with van der Waals surface area (Å²) in [7, 11) is 0. The largest absolute Gasteiger partial charge is 0.462 e. The highest BCUT2D eigenvalue weighted by Gasteiger charge is 2.61. The van der Waals surface area contributed by atoms with E-state index in [-0.39, 0.29) is 17.5 Å². The van der Waals surface area contributed by atoms with Gasteiger partial charge >= 0.3 is 5.97 Å². The van der Waals surface area contributed by atoms with Crippen LogP contribution in [0.3, 0.4) is 0 Å². The predicted octanol–water partition coefficient (Wildman–Crippen LogP) is 5.35. The molecule has 0 radical (unpaired) electrons. The molecule has 0 amide bonds. The van der Waals surface area contributed by atoms with Crippen molar-refractivity contribution in [3.05, 3.63) is 0 Å². The van der Waals surface area contributed by atoms with Gasteiger partial charge in [-0.05, 0) is 74.0 Å². The summed E-state index contributed by atoms with van der Waals surface area (Å²) in [5.41, 5.74) is 0.772. The first-order valence-corrected chi connectivity index (χ1v) is 10.1. The number of esters is 1. The Hall–Kier alpha value is -0.530. The molecule has 4 aliphatic rings. The lowest BCUT2D eigenvalue weighted by molar-refractivity contribution is -0.183. The second kappa shape index (κ2) is 5.49. The lowest BCUT2D eigenvalue weighted by Crippen LogP contribution is -2.57. The molecule has 0 spiro atoms. The number of fused-ring (bicyclic) bond motifs is 5. The molecular formula is C21H34O2. The SMILES string of the molecule is CC(=O)O[C@@H]1CC2[C@@H](CCC3CCCC[C@@]32C)C2CCC[C@]21C. The van der Waals surface area contributed by atoms with E-state index in [1.54, 1.807) is 6.92 Å². The van der Waals surface area contributed by atoms with Crippen LogP contribution in [0.15, 0.2) is 0 Å². The third-order valence-electron chi connectivity index (χ3n) is 8.77. The van der Waals surface area contributed by atoms with Crippen LogP contribution in [0, 0.1) is 34.5 Å². The second-order valence-electron chi connectivity index (χ2n) is 9.63. The van der Waals surface area contributed by atoms with Crippen LogP contribution in [0.5, 0.6) is 0 Å². The van der Waals surface area contributed by atoms with Gasteiger partial charge in [0, 0.05) is 12.3 Å². The fourth-order valence-electron chi connectivity index (χ4n) is 7.61. The highest BCUT2D eigenvalue weighted by Crippen LogP contribution is 2.66. The molecule has 3 unspecified atom stereocenters. The first-order chi connectivity index (χ1) is 10.9.